The first-order valence-electron chi connectivity index (χ1n) is 12.2. The first-order valence-corrected chi connectivity index (χ1v) is 13.1. The van der Waals surface area contributed by atoms with Crippen molar-refractivity contribution in [2.75, 3.05) is 43.5 Å². The van der Waals surface area contributed by atoms with E-state index in [1.165, 1.54) is 0 Å². The molecule has 34 heavy (non-hydrogen) atoms. The third-order valence-corrected chi connectivity index (χ3v) is 9.86. The first-order chi connectivity index (χ1) is 16.3. The molecule has 2 bridgehead atoms. The van der Waals surface area contributed by atoms with Crippen molar-refractivity contribution in [3.63, 3.8) is 0 Å². The summed E-state index contributed by atoms with van der Waals surface area (Å²) >= 11 is 1.65. The van der Waals surface area contributed by atoms with E-state index >= 15 is 0 Å². The van der Waals surface area contributed by atoms with Gasteiger partial charge in [0.15, 0.2) is 0 Å². The van der Waals surface area contributed by atoms with Gasteiger partial charge in [-0.1, -0.05) is 0 Å². The minimum atomic E-state index is -0.680. The van der Waals surface area contributed by atoms with Crippen LogP contribution >= 0.6 is 11.8 Å². The number of anilines is 2. The highest BCUT2D eigenvalue weighted by Crippen LogP contribution is 2.71. The van der Waals surface area contributed by atoms with Gasteiger partial charge in [0.1, 0.15) is 6.04 Å². The summed E-state index contributed by atoms with van der Waals surface area (Å²) in [7, 11) is 1.60. The molecular formula is C25H36N4O4S. The first kappa shape index (κ1) is 24.9. The number of rotatable bonds is 9. The quantitative estimate of drug-likeness (QED) is 0.492. The van der Waals surface area contributed by atoms with Crippen LogP contribution in [0, 0.1) is 11.8 Å². The molecule has 0 aromatic heterocycles. The monoisotopic (exact) mass is 488 g/mol. The molecule has 4 rings (SSSR count). The Morgan fingerprint density at radius 2 is 1.85 bits per heavy atom. The summed E-state index contributed by atoms with van der Waals surface area (Å²) in [6.45, 7) is 8.30. The maximum atomic E-state index is 13.7. The SMILES string of the molecule is CCN(CC)c1ccc(NC(=O)C2N(CCCO)C(=O)[C@@H]3[C@H](C(=O)NC)[C@]4(C)CCC23S4)cc1. The van der Waals surface area contributed by atoms with Crippen molar-refractivity contribution >= 4 is 40.9 Å². The van der Waals surface area contributed by atoms with Crippen molar-refractivity contribution < 1.29 is 19.5 Å². The van der Waals surface area contributed by atoms with Crippen LogP contribution in [0.1, 0.15) is 40.0 Å². The molecule has 3 aliphatic heterocycles. The number of carbonyl (C=O) groups excluding carboxylic acids is 3. The Labute approximate surface area is 205 Å². The van der Waals surface area contributed by atoms with Gasteiger partial charge in [0.2, 0.25) is 17.7 Å². The number of aliphatic hydroxyl groups excluding tert-OH is 1. The van der Waals surface area contributed by atoms with Crippen LogP contribution in [0.2, 0.25) is 0 Å². The molecule has 3 fully saturated rings. The molecule has 0 saturated carbocycles. The largest absolute Gasteiger partial charge is 0.396 e. The molecular weight excluding hydrogens is 452 g/mol. The number of nitrogens with zero attached hydrogens (tertiary/aromatic N) is 2. The van der Waals surface area contributed by atoms with Crippen molar-refractivity contribution in [2.45, 2.75) is 55.6 Å². The number of carbonyl (C=O) groups is 3. The summed E-state index contributed by atoms with van der Waals surface area (Å²) in [5.74, 6) is -1.50. The van der Waals surface area contributed by atoms with Crippen molar-refractivity contribution in [1.29, 1.82) is 0 Å². The Morgan fingerprint density at radius 3 is 2.44 bits per heavy atom. The van der Waals surface area contributed by atoms with Crippen LogP contribution in [0.25, 0.3) is 0 Å². The van der Waals surface area contributed by atoms with Crippen LogP contribution in [-0.2, 0) is 14.4 Å². The van der Waals surface area contributed by atoms with Gasteiger partial charge in [-0.05, 0) is 64.3 Å². The standard InChI is InChI=1S/C25H36N4O4S/c1-5-28(6-2)17-10-8-16(9-11-17)27-22(32)20-25-13-12-24(3,34-25)18(21(31)26-4)19(25)23(33)29(20)14-7-15-30/h8-11,18-20,30H,5-7,12-15H2,1-4H3,(H,26,31)(H,27,32)/t18-,19+,20?,24+,25?/m1/s1. The Hall–Kier alpha value is -2.26. The number of amides is 3. The molecule has 186 valence electrons. The fraction of sp³-hybridized carbons (Fsp3) is 0.640. The van der Waals surface area contributed by atoms with Crippen molar-refractivity contribution in [2.24, 2.45) is 11.8 Å². The van der Waals surface area contributed by atoms with Crippen molar-refractivity contribution in [3.05, 3.63) is 24.3 Å². The predicted octanol–water partition coefficient (Wildman–Crippen LogP) is 2.08. The zero-order valence-electron chi connectivity index (χ0n) is 20.5. The number of thioether (sulfide) groups is 1. The molecule has 0 radical (unpaired) electrons. The highest BCUT2D eigenvalue weighted by atomic mass is 32.2. The second-order valence-electron chi connectivity index (χ2n) is 9.66. The van der Waals surface area contributed by atoms with Gasteiger partial charge in [0, 0.05) is 49.4 Å². The number of aliphatic hydroxyl groups is 1. The Morgan fingerprint density at radius 1 is 1.18 bits per heavy atom. The van der Waals surface area contributed by atoms with Gasteiger partial charge < -0.3 is 25.5 Å². The number of hydrogen-bond acceptors (Lipinski definition) is 6. The molecule has 1 aromatic carbocycles. The molecule has 3 saturated heterocycles. The third-order valence-electron chi connectivity index (χ3n) is 7.87. The molecule has 3 aliphatic rings. The number of fused-ring (bicyclic) bond motifs is 1. The van der Waals surface area contributed by atoms with E-state index in [0.29, 0.717) is 25.1 Å². The van der Waals surface area contributed by atoms with Gasteiger partial charge in [-0.2, -0.15) is 0 Å². The van der Waals surface area contributed by atoms with Crippen LogP contribution in [0.4, 0.5) is 11.4 Å². The van der Waals surface area contributed by atoms with Crippen molar-refractivity contribution in [1.82, 2.24) is 10.2 Å². The summed E-state index contributed by atoms with van der Waals surface area (Å²) in [6.07, 6.45) is 1.89. The van der Waals surface area contributed by atoms with Crippen LogP contribution in [0.3, 0.4) is 0 Å². The van der Waals surface area contributed by atoms with E-state index in [4.69, 9.17) is 0 Å². The molecule has 3 heterocycles. The molecule has 3 amide bonds. The summed E-state index contributed by atoms with van der Waals surface area (Å²) < 4.78 is -1.00. The molecule has 0 aliphatic carbocycles. The second kappa shape index (κ2) is 9.41. The molecule has 8 nitrogen and oxygen atoms in total. The van der Waals surface area contributed by atoms with Gasteiger partial charge in [-0.25, -0.2) is 0 Å². The van der Waals surface area contributed by atoms with Gasteiger partial charge in [-0.3, -0.25) is 14.4 Å². The van der Waals surface area contributed by atoms with E-state index in [9.17, 15) is 19.5 Å². The number of nitrogens with one attached hydrogen (secondary N) is 2. The van der Waals surface area contributed by atoms with E-state index in [0.717, 1.165) is 25.2 Å². The fourth-order valence-corrected chi connectivity index (χ4v) is 8.68. The molecule has 2 unspecified atom stereocenters. The average Bonchev–Trinajstić information content (AvgIpc) is 3.39. The topological polar surface area (TPSA) is 102 Å². The van der Waals surface area contributed by atoms with E-state index < -0.39 is 22.6 Å². The van der Waals surface area contributed by atoms with Gasteiger partial charge in [0.25, 0.3) is 0 Å². The highest BCUT2D eigenvalue weighted by Gasteiger charge is 2.76. The van der Waals surface area contributed by atoms with E-state index in [2.05, 4.69) is 36.3 Å². The molecule has 9 heteroatoms. The third kappa shape index (κ3) is 3.77. The zero-order chi connectivity index (χ0) is 24.7. The second-order valence-corrected chi connectivity index (χ2v) is 11.6. The number of benzene rings is 1. The molecule has 3 N–H and O–H groups in total. The Balaban J connectivity index is 1.64. The zero-order valence-corrected chi connectivity index (χ0v) is 21.3. The number of likely N-dealkylation sites (tertiary alicyclic amines) is 1. The Bertz CT molecular complexity index is 953. The van der Waals surface area contributed by atoms with E-state index in [-0.39, 0.29) is 29.1 Å². The van der Waals surface area contributed by atoms with Crippen molar-refractivity contribution in [3.8, 4) is 0 Å². The summed E-state index contributed by atoms with van der Waals surface area (Å²) in [5, 5.41) is 15.2. The fourth-order valence-electron chi connectivity index (χ4n) is 6.32. The minimum absolute atomic E-state index is 0.0632. The van der Waals surface area contributed by atoms with E-state index in [1.807, 2.05) is 24.3 Å². The van der Waals surface area contributed by atoms with E-state index in [1.54, 1.807) is 23.7 Å². The van der Waals surface area contributed by atoms with Crippen LogP contribution in [0.5, 0.6) is 0 Å². The summed E-state index contributed by atoms with van der Waals surface area (Å²) in [4.78, 5) is 44.1. The van der Waals surface area contributed by atoms with Gasteiger partial charge >= 0.3 is 0 Å². The molecule has 1 aromatic rings. The lowest BCUT2D eigenvalue weighted by Gasteiger charge is -2.34. The maximum Gasteiger partial charge on any atom is 0.248 e. The maximum absolute atomic E-state index is 13.7. The smallest absolute Gasteiger partial charge is 0.248 e. The lowest BCUT2D eigenvalue weighted by Crippen LogP contribution is -2.52. The predicted molar refractivity (Wildman–Crippen MR) is 135 cm³/mol. The van der Waals surface area contributed by atoms with Crippen LogP contribution in [-0.4, -0.2) is 76.6 Å². The number of hydrogen-bond donors (Lipinski definition) is 3. The van der Waals surface area contributed by atoms with Crippen LogP contribution in [0.15, 0.2) is 24.3 Å². The lowest BCUT2D eigenvalue weighted by atomic mass is 9.66. The minimum Gasteiger partial charge on any atom is -0.396 e. The highest BCUT2D eigenvalue weighted by molar-refractivity contribution is 8.02. The summed E-state index contributed by atoms with van der Waals surface area (Å²) in [6, 6.07) is 7.09. The lowest BCUT2D eigenvalue weighted by molar-refractivity contribution is -0.140. The van der Waals surface area contributed by atoms with Gasteiger partial charge in [0.05, 0.1) is 16.6 Å². The summed E-state index contributed by atoms with van der Waals surface area (Å²) in [5.41, 5.74) is 1.77. The molecule has 1 spiro atoms. The normalized spacial score (nSPS) is 31.5. The van der Waals surface area contributed by atoms with Crippen LogP contribution < -0.4 is 15.5 Å². The Kier molecular flexibility index (Phi) is 6.88. The molecule has 5 atom stereocenters. The average molecular weight is 489 g/mol. The van der Waals surface area contributed by atoms with Gasteiger partial charge in [-0.15, -0.1) is 11.8 Å².